The number of nitrogens with one attached hydrogen (secondary N) is 1. The summed E-state index contributed by atoms with van der Waals surface area (Å²) < 4.78 is 0. The lowest BCUT2D eigenvalue weighted by molar-refractivity contribution is 0.169. The van der Waals surface area contributed by atoms with E-state index in [1.807, 2.05) is 12.1 Å². The van der Waals surface area contributed by atoms with Gasteiger partial charge in [-0.2, -0.15) is 0 Å². The van der Waals surface area contributed by atoms with Gasteiger partial charge in [-0.05, 0) is 50.0 Å². The fourth-order valence-corrected chi connectivity index (χ4v) is 2.86. The molecule has 0 aromatic heterocycles. The van der Waals surface area contributed by atoms with Crippen LogP contribution in [-0.4, -0.2) is 31.6 Å². The van der Waals surface area contributed by atoms with Gasteiger partial charge in [0, 0.05) is 24.2 Å². The molecule has 2 rings (SSSR count). The summed E-state index contributed by atoms with van der Waals surface area (Å²) in [7, 11) is 2.21. The van der Waals surface area contributed by atoms with Crippen molar-refractivity contribution in [1.82, 2.24) is 10.2 Å². The standard InChI is InChI=1S/C15H23ClN2/c1-12(13-4-6-14(16)7-5-13)18(3)11-15(2)8-9-17-10-15/h4-7,12,17H,8-11H2,1-3H3. The van der Waals surface area contributed by atoms with Crippen molar-refractivity contribution in [3.8, 4) is 0 Å². The lowest BCUT2D eigenvalue weighted by atomic mass is 9.88. The topological polar surface area (TPSA) is 15.3 Å². The number of hydrogen-bond acceptors (Lipinski definition) is 2. The van der Waals surface area contributed by atoms with Gasteiger partial charge in [0.05, 0.1) is 0 Å². The van der Waals surface area contributed by atoms with E-state index in [2.05, 4.69) is 43.2 Å². The number of benzene rings is 1. The fraction of sp³-hybridized carbons (Fsp3) is 0.600. The van der Waals surface area contributed by atoms with Gasteiger partial charge < -0.3 is 5.32 Å². The van der Waals surface area contributed by atoms with Crippen LogP contribution in [0.15, 0.2) is 24.3 Å². The number of hydrogen-bond donors (Lipinski definition) is 1. The summed E-state index contributed by atoms with van der Waals surface area (Å²) in [5.74, 6) is 0. The second-order valence-electron chi connectivity index (χ2n) is 5.88. The molecule has 0 aliphatic carbocycles. The summed E-state index contributed by atoms with van der Waals surface area (Å²) in [5.41, 5.74) is 1.74. The van der Waals surface area contributed by atoms with Gasteiger partial charge in [-0.1, -0.05) is 30.7 Å². The highest BCUT2D eigenvalue weighted by molar-refractivity contribution is 6.30. The second kappa shape index (κ2) is 5.60. The van der Waals surface area contributed by atoms with Crippen LogP contribution in [0.5, 0.6) is 0 Å². The first kappa shape index (κ1) is 13.9. The van der Waals surface area contributed by atoms with Gasteiger partial charge in [0.15, 0.2) is 0 Å². The third kappa shape index (κ3) is 3.25. The van der Waals surface area contributed by atoms with Gasteiger partial charge in [0.1, 0.15) is 0 Å². The Labute approximate surface area is 115 Å². The molecule has 1 aliphatic rings. The molecule has 0 radical (unpaired) electrons. The van der Waals surface area contributed by atoms with Crippen molar-refractivity contribution in [2.75, 3.05) is 26.7 Å². The van der Waals surface area contributed by atoms with E-state index in [-0.39, 0.29) is 0 Å². The third-order valence-corrected chi connectivity index (χ3v) is 4.35. The molecule has 18 heavy (non-hydrogen) atoms. The Kier molecular flexibility index (Phi) is 4.31. The average molecular weight is 267 g/mol. The van der Waals surface area contributed by atoms with E-state index in [0.717, 1.165) is 24.7 Å². The zero-order chi connectivity index (χ0) is 13.2. The van der Waals surface area contributed by atoms with Crippen LogP contribution in [0.2, 0.25) is 5.02 Å². The highest BCUT2D eigenvalue weighted by atomic mass is 35.5. The van der Waals surface area contributed by atoms with Crippen molar-refractivity contribution in [3.05, 3.63) is 34.9 Å². The van der Waals surface area contributed by atoms with Crippen molar-refractivity contribution in [2.24, 2.45) is 5.41 Å². The molecule has 2 atom stereocenters. The van der Waals surface area contributed by atoms with Crippen LogP contribution < -0.4 is 5.32 Å². The van der Waals surface area contributed by atoms with Crippen molar-refractivity contribution >= 4 is 11.6 Å². The van der Waals surface area contributed by atoms with E-state index >= 15 is 0 Å². The molecule has 2 nitrogen and oxygen atoms in total. The molecule has 1 saturated heterocycles. The number of nitrogens with zero attached hydrogens (tertiary/aromatic N) is 1. The first-order valence-electron chi connectivity index (χ1n) is 6.67. The number of rotatable bonds is 4. The van der Waals surface area contributed by atoms with Crippen molar-refractivity contribution in [2.45, 2.75) is 26.3 Å². The molecular formula is C15H23ClN2. The van der Waals surface area contributed by atoms with Gasteiger partial charge in [-0.25, -0.2) is 0 Å². The molecule has 0 amide bonds. The monoisotopic (exact) mass is 266 g/mol. The Balaban J connectivity index is 1.99. The molecule has 0 saturated carbocycles. The summed E-state index contributed by atoms with van der Waals surface area (Å²) in [6.07, 6.45) is 1.27. The van der Waals surface area contributed by atoms with Crippen molar-refractivity contribution < 1.29 is 0 Å². The summed E-state index contributed by atoms with van der Waals surface area (Å²) >= 11 is 5.93. The van der Waals surface area contributed by atoms with Crippen LogP contribution in [0, 0.1) is 5.41 Å². The smallest absolute Gasteiger partial charge is 0.0406 e. The quantitative estimate of drug-likeness (QED) is 0.899. The second-order valence-corrected chi connectivity index (χ2v) is 6.32. The molecule has 2 unspecified atom stereocenters. The molecular weight excluding hydrogens is 244 g/mol. The first-order valence-corrected chi connectivity index (χ1v) is 7.04. The van der Waals surface area contributed by atoms with Gasteiger partial charge in [0.25, 0.3) is 0 Å². The Morgan fingerprint density at radius 1 is 1.39 bits per heavy atom. The average Bonchev–Trinajstić information content (AvgIpc) is 2.76. The molecule has 1 heterocycles. The predicted molar refractivity (Wildman–Crippen MR) is 78.1 cm³/mol. The first-order chi connectivity index (χ1) is 8.50. The van der Waals surface area contributed by atoms with Crippen LogP contribution in [-0.2, 0) is 0 Å². The molecule has 1 N–H and O–H groups in total. The molecule has 3 heteroatoms. The maximum Gasteiger partial charge on any atom is 0.0406 e. The molecule has 1 aromatic rings. The summed E-state index contributed by atoms with van der Waals surface area (Å²) in [5, 5.41) is 4.27. The van der Waals surface area contributed by atoms with E-state index in [1.165, 1.54) is 12.0 Å². The molecule has 100 valence electrons. The molecule has 0 spiro atoms. The Morgan fingerprint density at radius 2 is 2.06 bits per heavy atom. The minimum atomic E-state index is 0.412. The van der Waals surface area contributed by atoms with Crippen LogP contribution in [0.4, 0.5) is 0 Å². The summed E-state index contributed by atoms with van der Waals surface area (Å²) in [4.78, 5) is 2.44. The maximum absolute atomic E-state index is 5.93. The van der Waals surface area contributed by atoms with Gasteiger partial charge in [0.2, 0.25) is 0 Å². The summed E-state index contributed by atoms with van der Waals surface area (Å²) in [6, 6.07) is 8.62. The number of halogens is 1. The maximum atomic E-state index is 5.93. The zero-order valence-corrected chi connectivity index (χ0v) is 12.3. The van der Waals surface area contributed by atoms with E-state index in [9.17, 15) is 0 Å². The fourth-order valence-electron chi connectivity index (χ4n) is 2.74. The largest absolute Gasteiger partial charge is 0.316 e. The minimum Gasteiger partial charge on any atom is -0.316 e. The predicted octanol–water partition coefficient (Wildman–Crippen LogP) is 3.33. The van der Waals surface area contributed by atoms with E-state index in [1.54, 1.807) is 0 Å². The van der Waals surface area contributed by atoms with Gasteiger partial charge >= 0.3 is 0 Å². The molecule has 1 aliphatic heterocycles. The lowest BCUT2D eigenvalue weighted by Crippen LogP contribution is -2.36. The normalized spacial score (nSPS) is 25.6. The minimum absolute atomic E-state index is 0.412. The van der Waals surface area contributed by atoms with Gasteiger partial charge in [-0.15, -0.1) is 0 Å². The van der Waals surface area contributed by atoms with Crippen LogP contribution >= 0.6 is 11.6 Å². The lowest BCUT2D eigenvalue weighted by Gasteiger charge is -2.33. The van der Waals surface area contributed by atoms with Crippen LogP contribution in [0.3, 0.4) is 0 Å². The van der Waals surface area contributed by atoms with Crippen molar-refractivity contribution in [3.63, 3.8) is 0 Å². The van der Waals surface area contributed by atoms with Crippen molar-refractivity contribution in [1.29, 1.82) is 0 Å². The van der Waals surface area contributed by atoms with Crippen LogP contribution in [0.1, 0.15) is 31.9 Å². The molecule has 1 fully saturated rings. The highest BCUT2D eigenvalue weighted by Gasteiger charge is 2.30. The zero-order valence-electron chi connectivity index (χ0n) is 11.5. The highest BCUT2D eigenvalue weighted by Crippen LogP contribution is 2.29. The Hall–Kier alpha value is -0.570. The molecule has 1 aromatic carbocycles. The molecule has 0 bridgehead atoms. The van der Waals surface area contributed by atoms with E-state index in [4.69, 9.17) is 11.6 Å². The third-order valence-electron chi connectivity index (χ3n) is 4.10. The SMILES string of the molecule is CC(c1ccc(Cl)cc1)N(C)CC1(C)CCNC1. The van der Waals surface area contributed by atoms with E-state index in [0.29, 0.717) is 11.5 Å². The van der Waals surface area contributed by atoms with Gasteiger partial charge in [-0.3, -0.25) is 4.90 Å². The Bertz CT molecular complexity index is 382. The summed E-state index contributed by atoms with van der Waals surface area (Å²) in [6.45, 7) is 8.04. The van der Waals surface area contributed by atoms with Crippen LogP contribution in [0.25, 0.3) is 0 Å². The van der Waals surface area contributed by atoms with E-state index < -0.39 is 0 Å². The Morgan fingerprint density at radius 3 is 2.61 bits per heavy atom.